The van der Waals surface area contributed by atoms with E-state index in [1.54, 1.807) is 20.3 Å². The Kier molecular flexibility index (Phi) is 18.8. The molecule has 0 bridgehead atoms. The Labute approximate surface area is 191 Å². The maximum Gasteiger partial charge on any atom is 0.143 e. The lowest BCUT2D eigenvalue weighted by atomic mass is 10.2. The molecule has 0 spiro atoms. The normalized spacial score (nSPS) is 11.1. The van der Waals surface area contributed by atoms with Gasteiger partial charge in [0.25, 0.3) is 0 Å². The van der Waals surface area contributed by atoms with Crippen LogP contribution in [0.25, 0.3) is 0 Å². The number of hydrogen-bond donors (Lipinski definition) is 2. The van der Waals surface area contributed by atoms with Crippen molar-refractivity contribution in [2.75, 3.05) is 118 Å². The standard InChI is InChI=1S/C22H40N2O8/c1-25-7-8-28-11-12-30-15-16-32-18-17-31-14-13-29-10-9-27-6-5-24-21-4-3-20(23)19-22(21)26-2/h3-4,19,24H,5-18,23H2,1-2H3. The predicted octanol–water partition coefficient (Wildman–Crippen LogP) is 1.44. The highest BCUT2D eigenvalue weighted by atomic mass is 16.6. The van der Waals surface area contributed by atoms with Gasteiger partial charge in [0.05, 0.1) is 98.7 Å². The third-order valence-corrected chi connectivity index (χ3v) is 4.08. The van der Waals surface area contributed by atoms with E-state index >= 15 is 0 Å². The molecule has 0 aliphatic rings. The minimum absolute atomic E-state index is 0.524. The van der Waals surface area contributed by atoms with E-state index in [0.29, 0.717) is 104 Å². The van der Waals surface area contributed by atoms with E-state index in [4.69, 9.17) is 43.6 Å². The second kappa shape index (κ2) is 21.2. The molecule has 0 aromatic heterocycles. The van der Waals surface area contributed by atoms with Crippen molar-refractivity contribution < 1.29 is 37.9 Å². The minimum atomic E-state index is 0.524. The fourth-order valence-electron chi connectivity index (χ4n) is 2.46. The molecular formula is C22H40N2O8. The number of anilines is 2. The van der Waals surface area contributed by atoms with Crippen molar-refractivity contribution in [3.05, 3.63) is 18.2 Å². The summed E-state index contributed by atoms with van der Waals surface area (Å²) in [5, 5.41) is 3.25. The zero-order valence-corrected chi connectivity index (χ0v) is 19.5. The number of nitrogens with two attached hydrogens (primary N) is 1. The zero-order chi connectivity index (χ0) is 23.1. The number of rotatable bonds is 23. The molecule has 3 N–H and O–H groups in total. The molecule has 0 aliphatic carbocycles. The highest BCUT2D eigenvalue weighted by Crippen LogP contribution is 2.26. The summed E-state index contributed by atoms with van der Waals surface area (Å²) in [7, 11) is 3.26. The average molecular weight is 461 g/mol. The van der Waals surface area contributed by atoms with Gasteiger partial charge >= 0.3 is 0 Å². The van der Waals surface area contributed by atoms with Crippen LogP contribution in [0.3, 0.4) is 0 Å². The summed E-state index contributed by atoms with van der Waals surface area (Å²) in [4.78, 5) is 0. The van der Waals surface area contributed by atoms with E-state index in [1.807, 2.05) is 12.1 Å². The molecule has 10 heteroatoms. The van der Waals surface area contributed by atoms with E-state index in [1.165, 1.54) is 0 Å². The first-order valence-corrected chi connectivity index (χ1v) is 10.9. The Morgan fingerprint density at radius 2 is 1.06 bits per heavy atom. The monoisotopic (exact) mass is 460 g/mol. The van der Waals surface area contributed by atoms with E-state index in [9.17, 15) is 0 Å². The van der Waals surface area contributed by atoms with Gasteiger partial charge in [-0.3, -0.25) is 0 Å². The van der Waals surface area contributed by atoms with Gasteiger partial charge in [0.2, 0.25) is 0 Å². The lowest BCUT2D eigenvalue weighted by Crippen LogP contribution is -2.15. The van der Waals surface area contributed by atoms with Crippen LogP contribution < -0.4 is 15.8 Å². The van der Waals surface area contributed by atoms with Gasteiger partial charge in [-0.25, -0.2) is 0 Å². The molecule has 32 heavy (non-hydrogen) atoms. The highest BCUT2D eigenvalue weighted by Gasteiger charge is 2.02. The van der Waals surface area contributed by atoms with Gasteiger partial charge in [-0.2, -0.15) is 0 Å². The quantitative estimate of drug-likeness (QED) is 0.184. The molecule has 0 atom stereocenters. The molecule has 0 amide bonds. The maximum absolute atomic E-state index is 5.74. The number of nitrogen functional groups attached to an aromatic ring is 1. The van der Waals surface area contributed by atoms with Gasteiger partial charge in [0.1, 0.15) is 5.75 Å². The van der Waals surface area contributed by atoms with Gasteiger partial charge in [0, 0.05) is 25.4 Å². The summed E-state index contributed by atoms with van der Waals surface area (Å²) in [6.07, 6.45) is 0. The largest absolute Gasteiger partial charge is 0.495 e. The third kappa shape index (κ3) is 16.0. The second-order valence-corrected chi connectivity index (χ2v) is 6.55. The van der Waals surface area contributed by atoms with Crippen LogP contribution in [0.5, 0.6) is 5.75 Å². The van der Waals surface area contributed by atoms with Crippen LogP contribution in [0, 0.1) is 0 Å². The van der Waals surface area contributed by atoms with Crippen molar-refractivity contribution in [3.63, 3.8) is 0 Å². The molecule has 0 heterocycles. The van der Waals surface area contributed by atoms with Crippen LogP contribution in [0.15, 0.2) is 18.2 Å². The Morgan fingerprint density at radius 3 is 1.50 bits per heavy atom. The lowest BCUT2D eigenvalue weighted by molar-refractivity contribution is -0.0187. The van der Waals surface area contributed by atoms with Crippen molar-refractivity contribution in [2.45, 2.75) is 0 Å². The molecule has 1 aromatic carbocycles. The van der Waals surface area contributed by atoms with Gasteiger partial charge in [-0.05, 0) is 12.1 Å². The summed E-state index contributed by atoms with van der Waals surface area (Å²) >= 11 is 0. The van der Waals surface area contributed by atoms with E-state index in [-0.39, 0.29) is 0 Å². The third-order valence-electron chi connectivity index (χ3n) is 4.08. The number of nitrogens with one attached hydrogen (secondary N) is 1. The highest BCUT2D eigenvalue weighted by molar-refractivity contribution is 5.62. The molecule has 0 aliphatic heterocycles. The van der Waals surface area contributed by atoms with Crippen LogP contribution >= 0.6 is 0 Å². The van der Waals surface area contributed by atoms with Crippen molar-refractivity contribution in [1.82, 2.24) is 0 Å². The van der Waals surface area contributed by atoms with Crippen LogP contribution in [0.4, 0.5) is 11.4 Å². The molecule has 186 valence electrons. The molecule has 10 nitrogen and oxygen atoms in total. The second-order valence-electron chi connectivity index (χ2n) is 6.55. The molecule has 1 rings (SSSR count). The zero-order valence-electron chi connectivity index (χ0n) is 19.5. The topological polar surface area (TPSA) is 112 Å². The summed E-state index contributed by atoms with van der Waals surface area (Å²) in [6.45, 7) is 7.77. The Bertz CT molecular complexity index is 551. The summed E-state index contributed by atoms with van der Waals surface area (Å²) in [5.74, 6) is 0.714. The van der Waals surface area contributed by atoms with Gasteiger partial charge in [-0.1, -0.05) is 0 Å². The van der Waals surface area contributed by atoms with E-state index < -0.39 is 0 Å². The Balaban J connectivity index is 1.76. The molecule has 0 saturated heterocycles. The smallest absolute Gasteiger partial charge is 0.143 e. The van der Waals surface area contributed by atoms with Crippen molar-refractivity contribution in [2.24, 2.45) is 0 Å². The number of methoxy groups -OCH3 is 2. The van der Waals surface area contributed by atoms with Crippen molar-refractivity contribution in [3.8, 4) is 5.75 Å². The lowest BCUT2D eigenvalue weighted by Gasteiger charge is -2.12. The molecular weight excluding hydrogens is 420 g/mol. The Morgan fingerprint density at radius 1 is 0.625 bits per heavy atom. The van der Waals surface area contributed by atoms with Crippen LogP contribution in [-0.4, -0.2) is 107 Å². The molecule has 0 radical (unpaired) electrons. The van der Waals surface area contributed by atoms with Crippen LogP contribution in [0.1, 0.15) is 0 Å². The molecule has 0 saturated carbocycles. The Hall–Kier alpha value is -1.66. The first-order valence-electron chi connectivity index (χ1n) is 10.9. The van der Waals surface area contributed by atoms with Crippen molar-refractivity contribution >= 4 is 11.4 Å². The SMILES string of the molecule is COCCOCCOCCOCCOCCOCCOCCNc1ccc(N)cc1OC. The van der Waals surface area contributed by atoms with Gasteiger partial charge < -0.3 is 48.9 Å². The fraction of sp³-hybridized carbons (Fsp3) is 0.727. The first-order chi connectivity index (χ1) is 15.8. The van der Waals surface area contributed by atoms with Gasteiger partial charge in [0.15, 0.2) is 0 Å². The van der Waals surface area contributed by atoms with E-state index in [2.05, 4.69) is 5.32 Å². The average Bonchev–Trinajstić information content (AvgIpc) is 2.80. The van der Waals surface area contributed by atoms with Crippen LogP contribution in [0.2, 0.25) is 0 Å². The molecule has 1 aromatic rings. The van der Waals surface area contributed by atoms with Crippen LogP contribution in [-0.2, 0) is 33.2 Å². The number of ether oxygens (including phenoxy) is 8. The van der Waals surface area contributed by atoms with Gasteiger partial charge in [-0.15, -0.1) is 0 Å². The van der Waals surface area contributed by atoms with E-state index in [0.717, 1.165) is 5.69 Å². The first kappa shape index (κ1) is 28.4. The summed E-state index contributed by atoms with van der Waals surface area (Å²) in [6, 6.07) is 5.49. The number of benzene rings is 1. The minimum Gasteiger partial charge on any atom is -0.495 e. The predicted molar refractivity (Wildman–Crippen MR) is 123 cm³/mol. The fourth-order valence-corrected chi connectivity index (χ4v) is 2.46. The van der Waals surface area contributed by atoms with Crippen molar-refractivity contribution in [1.29, 1.82) is 0 Å². The number of hydrogen-bond acceptors (Lipinski definition) is 10. The molecule has 0 fully saturated rings. The maximum atomic E-state index is 5.74. The summed E-state index contributed by atoms with van der Waals surface area (Å²) < 4.78 is 42.7. The summed E-state index contributed by atoms with van der Waals surface area (Å²) in [5.41, 5.74) is 7.29. The molecule has 0 unspecified atom stereocenters.